The lowest BCUT2D eigenvalue weighted by atomic mass is 10.2. The molecular weight excluding hydrogens is 260 g/mol. The summed E-state index contributed by atoms with van der Waals surface area (Å²) in [4.78, 5) is 0.330. The molecule has 0 aliphatic heterocycles. The van der Waals surface area contributed by atoms with E-state index in [1.807, 2.05) is 6.07 Å². The molecule has 0 fully saturated rings. The number of unbranched alkanes of at least 4 members (excludes halogenated alkanes) is 3. The molecule has 0 aromatic heterocycles. The van der Waals surface area contributed by atoms with Crippen molar-refractivity contribution < 1.29 is 8.42 Å². The molecule has 1 aromatic rings. The molecule has 1 N–H and O–H groups in total. The van der Waals surface area contributed by atoms with Crippen LogP contribution in [0.3, 0.4) is 0 Å². The van der Waals surface area contributed by atoms with E-state index in [2.05, 4.69) is 12.2 Å². The second-order valence-corrected chi connectivity index (χ2v) is 6.95. The number of sulfonamides is 1. The summed E-state index contributed by atoms with van der Waals surface area (Å²) in [5.74, 6) is 0. The highest BCUT2D eigenvalue weighted by molar-refractivity contribution is 7.89. The molecule has 0 spiro atoms. The van der Waals surface area contributed by atoms with Crippen molar-refractivity contribution in [1.29, 1.82) is 0 Å². The van der Waals surface area contributed by atoms with Crippen LogP contribution in [0, 0.1) is 0 Å². The Morgan fingerprint density at radius 1 is 1.16 bits per heavy atom. The Hall–Kier alpha value is -1.07. The van der Waals surface area contributed by atoms with E-state index in [0.717, 1.165) is 18.7 Å². The van der Waals surface area contributed by atoms with Gasteiger partial charge < -0.3 is 5.32 Å². The van der Waals surface area contributed by atoms with Crippen LogP contribution in [0.1, 0.15) is 32.6 Å². The first kappa shape index (κ1) is 16.0. The summed E-state index contributed by atoms with van der Waals surface area (Å²) in [6.45, 7) is 3.06. The van der Waals surface area contributed by atoms with Crippen LogP contribution in [0.2, 0.25) is 0 Å². The average molecular weight is 284 g/mol. The highest BCUT2D eigenvalue weighted by Crippen LogP contribution is 2.18. The lowest BCUT2D eigenvalue weighted by Crippen LogP contribution is -2.22. The molecule has 0 atom stereocenters. The third kappa shape index (κ3) is 4.84. The van der Waals surface area contributed by atoms with E-state index in [1.54, 1.807) is 32.3 Å². The summed E-state index contributed by atoms with van der Waals surface area (Å²) in [7, 11) is -0.262. The van der Waals surface area contributed by atoms with Gasteiger partial charge in [0.25, 0.3) is 0 Å². The Labute approximate surface area is 116 Å². The normalized spacial score (nSPS) is 11.8. The summed E-state index contributed by atoms with van der Waals surface area (Å²) < 4.78 is 25.2. The molecule has 5 heteroatoms. The van der Waals surface area contributed by atoms with Gasteiger partial charge in [-0.25, -0.2) is 12.7 Å². The van der Waals surface area contributed by atoms with Gasteiger partial charge in [-0.1, -0.05) is 32.3 Å². The summed E-state index contributed by atoms with van der Waals surface area (Å²) in [5, 5.41) is 3.27. The SMILES string of the molecule is CCCCCCNc1cccc(S(=O)(=O)N(C)C)c1. The molecule has 1 rings (SSSR count). The van der Waals surface area contributed by atoms with Gasteiger partial charge in [-0.2, -0.15) is 0 Å². The van der Waals surface area contributed by atoms with E-state index in [9.17, 15) is 8.42 Å². The van der Waals surface area contributed by atoms with E-state index in [-0.39, 0.29) is 0 Å². The number of hydrogen-bond donors (Lipinski definition) is 1. The smallest absolute Gasteiger partial charge is 0.242 e. The Kier molecular flexibility index (Phi) is 6.31. The average Bonchev–Trinajstić information content (AvgIpc) is 2.38. The molecule has 19 heavy (non-hydrogen) atoms. The number of benzene rings is 1. The minimum Gasteiger partial charge on any atom is -0.385 e. The first-order chi connectivity index (χ1) is 8.98. The van der Waals surface area contributed by atoms with Gasteiger partial charge in [0.15, 0.2) is 0 Å². The Morgan fingerprint density at radius 3 is 2.53 bits per heavy atom. The van der Waals surface area contributed by atoms with E-state index in [1.165, 1.54) is 23.6 Å². The minimum atomic E-state index is -3.35. The van der Waals surface area contributed by atoms with Crippen LogP contribution in [0.25, 0.3) is 0 Å². The molecule has 0 unspecified atom stereocenters. The van der Waals surface area contributed by atoms with Crippen molar-refractivity contribution in [3.05, 3.63) is 24.3 Å². The molecule has 0 saturated heterocycles. The van der Waals surface area contributed by atoms with Gasteiger partial charge in [-0.05, 0) is 24.6 Å². The number of rotatable bonds is 8. The van der Waals surface area contributed by atoms with Crippen molar-refractivity contribution in [2.45, 2.75) is 37.5 Å². The van der Waals surface area contributed by atoms with Crippen LogP contribution in [-0.2, 0) is 10.0 Å². The van der Waals surface area contributed by atoms with Crippen LogP contribution in [0.15, 0.2) is 29.2 Å². The zero-order valence-corrected chi connectivity index (χ0v) is 12.8. The molecule has 0 aliphatic carbocycles. The lowest BCUT2D eigenvalue weighted by molar-refractivity contribution is 0.521. The van der Waals surface area contributed by atoms with Gasteiger partial charge >= 0.3 is 0 Å². The predicted octanol–water partition coefficient (Wildman–Crippen LogP) is 2.93. The number of hydrogen-bond acceptors (Lipinski definition) is 3. The number of nitrogens with one attached hydrogen (secondary N) is 1. The van der Waals surface area contributed by atoms with E-state index in [4.69, 9.17) is 0 Å². The van der Waals surface area contributed by atoms with E-state index >= 15 is 0 Å². The van der Waals surface area contributed by atoms with Gasteiger partial charge in [0, 0.05) is 26.3 Å². The van der Waals surface area contributed by atoms with Gasteiger partial charge in [-0.15, -0.1) is 0 Å². The van der Waals surface area contributed by atoms with Crippen molar-refractivity contribution >= 4 is 15.7 Å². The minimum absolute atomic E-state index is 0.330. The standard InChI is InChI=1S/C14H24N2O2S/c1-4-5-6-7-11-15-13-9-8-10-14(12-13)19(17,18)16(2)3/h8-10,12,15H,4-7,11H2,1-3H3. The van der Waals surface area contributed by atoms with Crippen molar-refractivity contribution in [3.8, 4) is 0 Å². The van der Waals surface area contributed by atoms with E-state index < -0.39 is 10.0 Å². The zero-order chi connectivity index (χ0) is 14.3. The topological polar surface area (TPSA) is 49.4 Å². The molecule has 0 bridgehead atoms. The third-order valence-electron chi connectivity index (χ3n) is 2.97. The van der Waals surface area contributed by atoms with Gasteiger partial charge in [0.05, 0.1) is 4.90 Å². The predicted molar refractivity (Wildman–Crippen MR) is 79.9 cm³/mol. The van der Waals surface area contributed by atoms with Crippen molar-refractivity contribution in [3.63, 3.8) is 0 Å². The molecule has 0 amide bonds. The van der Waals surface area contributed by atoms with Gasteiger partial charge in [0.2, 0.25) is 10.0 Å². The summed E-state index contributed by atoms with van der Waals surface area (Å²) >= 11 is 0. The second-order valence-electron chi connectivity index (χ2n) is 4.80. The monoisotopic (exact) mass is 284 g/mol. The highest BCUT2D eigenvalue weighted by atomic mass is 32.2. The van der Waals surface area contributed by atoms with Gasteiger partial charge in [0.1, 0.15) is 0 Å². The lowest BCUT2D eigenvalue weighted by Gasteiger charge is -2.13. The number of anilines is 1. The van der Waals surface area contributed by atoms with E-state index in [0.29, 0.717) is 4.90 Å². The van der Waals surface area contributed by atoms with Crippen LogP contribution in [0.5, 0.6) is 0 Å². The molecule has 0 heterocycles. The fraction of sp³-hybridized carbons (Fsp3) is 0.571. The van der Waals surface area contributed by atoms with Gasteiger partial charge in [-0.3, -0.25) is 0 Å². The highest BCUT2D eigenvalue weighted by Gasteiger charge is 2.16. The van der Waals surface area contributed by atoms with Crippen molar-refractivity contribution in [2.75, 3.05) is 26.0 Å². The Morgan fingerprint density at radius 2 is 1.89 bits per heavy atom. The molecule has 0 radical (unpaired) electrons. The van der Waals surface area contributed by atoms with Crippen molar-refractivity contribution in [1.82, 2.24) is 4.31 Å². The van der Waals surface area contributed by atoms with Crippen LogP contribution in [-0.4, -0.2) is 33.4 Å². The second kappa shape index (κ2) is 7.50. The number of nitrogens with zero attached hydrogens (tertiary/aromatic N) is 1. The fourth-order valence-corrected chi connectivity index (χ4v) is 2.71. The maximum atomic E-state index is 12.0. The molecule has 1 aromatic carbocycles. The maximum absolute atomic E-state index is 12.0. The molecule has 108 valence electrons. The van der Waals surface area contributed by atoms with Crippen molar-refractivity contribution in [2.24, 2.45) is 0 Å². The molecule has 0 saturated carbocycles. The fourth-order valence-electron chi connectivity index (χ4n) is 1.76. The molecular formula is C14H24N2O2S. The maximum Gasteiger partial charge on any atom is 0.242 e. The Bertz CT molecular complexity index is 484. The first-order valence-corrected chi connectivity index (χ1v) is 8.19. The zero-order valence-electron chi connectivity index (χ0n) is 12.0. The first-order valence-electron chi connectivity index (χ1n) is 6.75. The quantitative estimate of drug-likeness (QED) is 0.747. The van der Waals surface area contributed by atoms with Crippen LogP contribution < -0.4 is 5.32 Å². The summed E-state index contributed by atoms with van der Waals surface area (Å²) in [6, 6.07) is 6.98. The van der Waals surface area contributed by atoms with Crippen LogP contribution >= 0.6 is 0 Å². The molecule has 0 aliphatic rings. The molecule has 4 nitrogen and oxygen atoms in total. The largest absolute Gasteiger partial charge is 0.385 e. The Balaban J connectivity index is 2.63. The van der Waals surface area contributed by atoms with Crippen LogP contribution in [0.4, 0.5) is 5.69 Å². The third-order valence-corrected chi connectivity index (χ3v) is 4.78. The summed E-state index contributed by atoms with van der Waals surface area (Å²) in [5.41, 5.74) is 0.861. The summed E-state index contributed by atoms with van der Waals surface area (Å²) in [6.07, 6.45) is 4.78.